The van der Waals surface area contributed by atoms with Crippen molar-refractivity contribution in [2.24, 2.45) is 11.0 Å². The minimum atomic E-state index is -1.91. The van der Waals surface area contributed by atoms with Crippen LogP contribution in [-0.4, -0.2) is 14.4 Å². The van der Waals surface area contributed by atoms with Gasteiger partial charge in [-0.15, -0.1) is 0 Å². The van der Waals surface area contributed by atoms with E-state index in [9.17, 15) is 0 Å². The van der Waals surface area contributed by atoms with E-state index >= 15 is 0 Å². The van der Waals surface area contributed by atoms with E-state index < -0.39 is 8.32 Å². The van der Waals surface area contributed by atoms with Crippen molar-refractivity contribution in [1.29, 1.82) is 0 Å². The van der Waals surface area contributed by atoms with Gasteiger partial charge in [0, 0.05) is 10.8 Å². The summed E-state index contributed by atoms with van der Waals surface area (Å²) in [6, 6.07) is -0.0422. The molecule has 0 unspecified atom stereocenters. The third kappa shape index (κ3) is 3.83. The second-order valence-corrected chi connectivity index (χ2v) is 12.6. The van der Waals surface area contributed by atoms with E-state index in [4.69, 9.17) is 9.96 Å². The molecule has 0 aromatic carbocycles. The quantitative estimate of drug-likeness (QED) is 0.250. The average molecular weight is 310 g/mol. The van der Waals surface area contributed by atoms with E-state index in [0.717, 1.165) is 18.6 Å². The van der Waals surface area contributed by atoms with Gasteiger partial charge < -0.3 is 4.43 Å². The predicted molar refractivity (Wildman–Crippen MR) is 91.5 cm³/mol. The summed E-state index contributed by atoms with van der Waals surface area (Å²) in [5, 5.41) is 3.87. The lowest BCUT2D eigenvalue weighted by atomic mass is 9.93. The van der Waals surface area contributed by atoms with Crippen LogP contribution in [0.1, 0.15) is 61.3 Å². The van der Waals surface area contributed by atoms with Gasteiger partial charge in [0.1, 0.15) is 0 Å². The number of rotatable bonds is 6. The van der Waals surface area contributed by atoms with Crippen molar-refractivity contribution in [1.82, 2.24) is 0 Å². The molecule has 0 aromatic rings. The molecule has 0 fully saturated rings. The SMILES string of the molecule is CC(C)[Si](OC1=C[C@@H](N=[N+]=[N-])CC[C@@H]1C)(C(C)C)C(C)C. The van der Waals surface area contributed by atoms with Crippen molar-refractivity contribution in [3.05, 3.63) is 22.3 Å². The second-order valence-electron chi connectivity index (χ2n) is 7.24. The van der Waals surface area contributed by atoms with E-state index in [-0.39, 0.29) is 6.04 Å². The molecule has 1 aliphatic carbocycles. The molecule has 0 saturated carbocycles. The minimum Gasteiger partial charge on any atom is -0.546 e. The normalized spacial score (nSPS) is 23.2. The highest BCUT2D eigenvalue weighted by atomic mass is 28.4. The van der Waals surface area contributed by atoms with Gasteiger partial charge in [-0.3, -0.25) is 0 Å². The van der Waals surface area contributed by atoms with Crippen LogP contribution in [-0.2, 0) is 4.43 Å². The molecule has 5 heteroatoms. The highest BCUT2D eigenvalue weighted by Crippen LogP contribution is 2.45. The molecule has 0 aliphatic heterocycles. The fourth-order valence-corrected chi connectivity index (χ4v) is 9.23. The highest BCUT2D eigenvalue weighted by Gasteiger charge is 2.47. The number of nitrogens with zero attached hydrogens (tertiary/aromatic N) is 3. The Morgan fingerprint density at radius 1 is 1.14 bits per heavy atom. The lowest BCUT2D eigenvalue weighted by molar-refractivity contribution is 0.291. The maximum Gasteiger partial charge on any atom is 0.258 e. The van der Waals surface area contributed by atoms with Gasteiger partial charge in [-0.1, -0.05) is 53.6 Å². The van der Waals surface area contributed by atoms with Crippen LogP contribution in [0.2, 0.25) is 16.6 Å². The molecule has 4 nitrogen and oxygen atoms in total. The maximum atomic E-state index is 8.66. The molecule has 0 heterocycles. The molecule has 0 spiro atoms. The minimum absolute atomic E-state index is 0.0422. The summed E-state index contributed by atoms with van der Waals surface area (Å²) in [4.78, 5) is 2.96. The highest BCUT2D eigenvalue weighted by molar-refractivity contribution is 6.77. The van der Waals surface area contributed by atoms with Crippen LogP contribution in [0.3, 0.4) is 0 Å². The van der Waals surface area contributed by atoms with E-state index in [1.165, 1.54) is 0 Å². The summed E-state index contributed by atoms with van der Waals surface area (Å²) in [7, 11) is -1.91. The topological polar surface area (TPSA) is 58.0 Å². The van der Waals surface area contributed by atoms with Crippen LogP contribution in [0, 0.1) is 5.92 Å². The first-order valence-electron chi connectivity index (χ1n) is 8.20. The van der Waals surface area contributed by atoms with Gasteiger partial charge in [0.15, 0.2) is 0 Å². The molecule has 1 rings (SSSR count). The van der Waals surface area contributed by atoms with Gasteiger partial charge in [0.2, 0.25) is 0 Å². The Kier molecular flexibility index (Phi) is 6.35. The average Bonchev–Trinajstić information content (AvgIpc) is 2.38. The Morgan fingerprint density at radius 2 is 1.67 bits per heavy atom. The largest absolute Gasteiger partial charge is 0.546 e. The van der Waals surface area contributed by atoms with Gasteiger partial charge in [-0.05, 0) is 41.1 Å². The first kappa shape index (κ1) is 18.1. The summed E-state index contributed by atoms with van der Waals surface area (Å²) < 4.78 is 6.77. The Bertz CT molecular complexity index is 403. The number of allylic oxidation sites excluding steroid dienone is 1. The molecule has 0 bridgehead atoms. The molecule has 0 aromatic heterocycles. The van der Waals surface area contributed by atoms with Crippen LogP contribution in [0.5, 0.6) is 0 Å². The molecule has 0 radical (unpaired) electrons. The van der Waals surface area contributed by atoms with Crippen LogP contribution < -0.4 is 0 Å². The lowest BCUT2D eigenvalue weighted by Crippen LogP contribution is -2.48. The Hall–Kier alpha value is -0.933. The third-order valence-electron chi connectivity index (χ3n) is 4.94. The van der Waals surface area contributed by atoms with E-state index in [2.05, 4.69) is 64.6 Å². The molecule has 0 amide bonds. The Morgan fingerprint density at radius 3 is 2.10 bits per heavy atom. The zero-order valence-electron chi connectivity index (χ0n) is 14.6. The van der Waals surface area contributed by atoms with Gasteiger partial charge in [0.05, 0.1) is 11.8 Å². The first-order valence-corrected chi connectivity index (χ1v) is 10.3. The monoisotopic (exact) mass is 309 g/mol. The van der Waals surface area contributed by atoms with Crippen molar-refractivity contribution >= 4 is 8.32 Å². The van der Waals surface area contributed by atoms with E-state index in [1.807, 2.05) is 0 Å². The van der Waals surface area contributed by atoms with Gasteiger partial charge in [0.25, 0.3) is 8.32 Å². The van der Waals surface area contributed by atoms with Crippen molar-refractivity contribution in [2.45, 2.75) is 84.0 Å². The van der Waals surface area contributed by atoms with Crippen LogP contribution in [0.25, 0.3) is 10.4 Å². The Labute approximate surface area is 130 Å². The molecule has 0 saturated heterocycles. The molecule has 21 heavy (non-hydrogen) atoms. The summed E-state index contributed by atoms with van der Waals surface area (Å²) in [5.74, 6) is 1.50. The van der Waals surface area contributed by atoms with Crippen molar-refractivity contribution in [3.8, 4) is 0 Å². The molecule has 120 valence electrons. The van der Waals surface area contributed by atoms with E-state index in [1.54, 1.807) is 0 Å². The zero-order valence-corrected chi connectivity index (χ0v) is 15.6. The fourth-order valence-electron chi connectivity index (χ4n) is 3.85. The summed E-state index contributed by atoms with van der Waals surface area (Å²) in [5.41, 5.74) is 10.3. The predicted octanol–water partition coefficient (Wildman–Crippen LogP) is 6.17. The van der Waals surface area contributed by atoms with Crippen LogP contribution in [0.15, 0.2) is 16.9 Å². The van der Waals surface area contributed by atoms with Crippen LogP contribution >= 0.6 is 0 Å². The second kappa shape index (κ2) is 7.37. The molecular weight excluding hydrogens is 278 g/mol. The van der Waals surface area contributed by atoms with Crippen LogP contribution in [0.4, 0.5) is 0 Å². The molecule has 2 atom stereocenters. The number of azide groups is 1. The lowest BCUT2D eigenvalue weighted by Gasteiger charge is -2.44. The zero-order chi connectivity index (χ0) is 16.2. The number of hydrogen-bond donors (Lipinski definition) is 0. The van der Waals surface area contributed by atoms with Gasteiger partial charge >= 0.3 is 0 Å². The van der Waals surface area contributed by atoms with E-state index in [0.29, 0.717) is 22.5 Å². The van der Waals surface area contributed by atoms with Gasteiger partial charge in [-0.25, -0.2) is 0 Å². The maximum absolute atomic E-state index is 8.66. The summed E-state index contributed by atoms with van der Waals surface area (Å²) in [6.45, 7) is 16.0. The number of hydrogen-bond acceptors (Lipinski definition) is 2. The fraction of sp³-hybridized carbons (Fsp3) is 0.875. The molecular formula is C16H31N3OSi. The van der Waals surface area contributed by atoms with Crippen molar-refractivity contribution in [3.63, 3.8) is 0 Å². The first-order chi connectivity index (χ1) is 9.75. The summed E-state index contributed by atoms with van der Waals surface area (Å²) >= 11 is 0. The standard InChI is InChI=1S/C16H31N3OSi/c1-11(2)21(12(3)4,13(5)6)20-16-10-15(18-19-17)9-8-14(16)7/h10-15H,8-9H2,1-7H3/t14-,15-/m0/s1. The van der Waals surface area contributed by atoms with Crippen molar-refractivity contribution in [2.75, 3.05) is 0 Å². The van der Waals surface area contributed by atoms with Gasteiger partial charge in [-0.2, -0.15) is 0 Å². The smallest absolute Gasteiger partial charge is 0.258 e. The van der Waals surface area contributed by atoms with Crippen molar-refractivity contribution < 1.29 is 4.43 Å². The molecule has 1 aliphatic rings. The summed E-state index contributed by atoms with van der Waals surface area (Å²) in [6.07, 6.45) is 4.04. The Balaban J connectivity index is 3.14. The molecule has 0 N–H and O–H groups in total. The third-order valence-corrected chi connectivity index (χ3v) is 10.9.